The number of nitrogens with two attached hydrogens (primary N) is 1. The number of piperazine rings is 1. The summed E-state index contributed by atoms with van der Waals surface area (Å²) in [5.41, 5.74) is 4.57. The van der Waals surface area contributed by atoms with Crippen molar-refractivity contribution in [2.24, 2.45) is 5.73 Å². The Bertz CT molecular complexity index is 365. The van der Waals surface area contributed by atoms with Crippen molar-refractivity contribution < 1.29 is 29.4 Å². The van der Waals surface area contributed by atoms with E-state index in [0.29, 0.717) is 13.1 Å². The Morgan fingerprint density at radius 3 is 1.76 bits per heavy atom. The van der Waals surface area contributed by atoms with Crippen LogP contribution in [0.4, 0.5) is 0 Å². The van der Waals surface area contributed by atoms with Gasteiger partial charge in [0.1, 0.15) is 6.04 Å². The minimum atomic E-state index is -0.968. The summed E-state index contributed by atoms with van der Waals surface area (Å²) in [6.07, 6.45) is 1.78. The molecule has 0 aliphatic carbocycles. The maximum atomic E-state index is 10.3. The van der Waals surface area contributed by atoms with Crippen LogP contribution in [0, 0.1) is 0 Å². The lowest BCUT2D eigenvalue weighted by molar-refractivity contribution is -0.140. The second kappa shape index (κ2) is 10.6. The molecule has 2 amide bonds. The van der Waals surface area contributed by atoms with Gasteiger partial charge in [0.05, 0.1) is 6.54 Å². The molecule has 0 unspecified atom stereocenters. The van der Waals surface area contributed by atoms with Crippen LogP contribution >= 0.6 is 0 Å². The second-order valence-corrected chi connectivity index (χ2v) is 4.10. The third-order valence-corrected chi connectivity index (χ3v) is 2.44. The van der Waals surface area contributed by atoms with E-state index < -0.39 is 23.8 Å². The highest BCUT2D eigenvalue weighted by Crippen LogP contribution is 2.03. The van der Waals surface area contributed by atoms with Gasteiger partial charge in [-0.15, -0.1) is 0 Å². The van der Waals surface area contributed by atoms with E-state index in [0.717, 1.165) is 19.4 Å². The predicted octanol–water partition coefficient (Wildman–Crippen LogP) is -2.91. The summed E-state index contributed by atoms with van der Waals surface area (Å²) in [5, 5.41) is 23.6. The van der Waals surface area contributed by atoms with Crippen molar-refractivity contribution in [1.82, 2.24) is 16.0 Å². The van der Waals surface area contributed by atoms with Crippen LogP contribution in [-0.2, 0) is 19.2 Å². The van der Waals surface area contributed by atoms with Crippen molar-refractivity contribution in [2.75, 3.05) is 26.2 Å². The van der Waals surface area contributed by atoms with Gasteiger partial charge in [-0.1, -0.05) is 0 Å². The third-order valence-electron chi connectivity index (χ3n) is 2.44. The monoisotopic (exact) mass is 304 g/mol. The molecule has 2 aliphatic heterocycles. The smallest absolute Gasteiger partial charge is 0.320 e. The first-order valence-corrected chi connectivity index (χ1v) is 6.32. The van der Waals surface area contributed by atoms with Gasteiger partial charge in [-0.05, 0) is 19.4 Å². The third kappa shape index (κ3) is 9.35. The van der Waals surface area contributed by atoms with Crippen molar-refractivity contribution in [1.29, 1.82) is 0 Å². The van der Waals surface area contributed by atoms with E-state index in [1.807, 2.05) is 0 Å². The molecule has 10 nitrogen and oxygen atoms in total. The van der Waals surface area contributed by atoms with E-state index in [1.54, 1.807) is 0 Å². The van der Waals surface area contributed by atoms with Gasteiger partial charge in [0.15, 0.2) is 0 Å². The number of carbonyl (C=O) groups excluding carboxylic acids is 2. The van der Waals surface area contributed by atoms with Crippen molar-refractivity contribution in [3.05, 3.63) is 0 Å². The summed E-state index contributed by atoms with van der Waals surface area (Å²) < 4.78 is 0. The van der Waals surface area contributed by atoms with Gasteiger partial charge >= 0.3 is 23.8 Å². The molecule has 2 heterocycles. The first kappa shape index (κ1) is 18.8. The van der Waals surface area contributed by atoms with Gasteiger partial charge in [0.25, 0.3) is 0 Å². The molecule has 2 rings (SSSR count). The number of rotatable bonds is 2. The molecule has 1 atom stereocenters. The number of aliphatic carboxylic acids is 2. The molecule has 2 saturated heterocycles. The number of hydrogen-bond donors (Lipinski definition) is 6. The van der Waals surface area contributed by atoms with Crippen molar-refractivity contribution >= 4 is 23.8 Å². The Morgan fingerprint density at radius 1 is 1.10 bits per heavy atom. The number of amides is 2. The molecule has 7 N–H and O–H groups in total. The summed E-state index contributed by atoms with van der Waals surface area (Å²) in [6, 6.07) is -0.269. The minimum Gasteiger partial charge on any atom is -0.480 e. The molecular weight excluding hydrogens is 284 g/mol. The van der Waals surface area contributed by atoms with Gasteiger partial charge in [0, 0.05) is 13.1 Å². The van der Waals surface area contributed by atoms with Gasteiger partial charge in [-0.25, -0.2) is 0 Å². The number of carboxylic acid groups (broad SMARTS) is 2. The molecule has 0 aromatic carbocycles. The van der Waals surface area contributed by atoms with E-state index in [-0.39, 0.29) is 12.6 Å². The van der Waals surface area contributed by atoms with Gasteiger partial charge in [-0.2, -0.15) is 0 Å². The SMILES string of the molecule is NCC(=O)O.O=C(O)[C@@H]1CCCN1.O=C1NCCNC1=O. The quantitative estimate of drug-likeness (QED) is 0.295. The second-order valence-electron chi connectivity index (χ2n) is 4.10. The van der Waals surface area contributed by atoms with E-state index in [4.69, 9.17) is 10.2 Å². The molecule has 0 spiro atoms. The molecule has 2 aliphatic rings. The molecule has 0 saturated carbocycles. The lowest BCUT2D eigenvalue weighted by Crippen LogP contribution is -2.49. The molecule has 21 heavy (non-hydrogen) atoms. The van der Waals surface area contributed by atoms with Crippen molar-refractivity contribution in [3.8, 4) is 0 Å². The number of hydrogen-bond acceptors (Lipinski definition) is 6. The molecule has 2 fully saturated rings. The molecule has 10 heteroatoms. The topological polar surface area (TPSA) is 171 Å². The summed E-state index contributed by atoms with van der Waals surface area (Å²) >= 11 is 0. The molecule has 0 radical (unpaired) electrons. The largest absolute Gasteiger partial charge is 0.480 e. The lowest BCUT2D eigenvalue weighted by atomic mass is 10.2. The highest BCUT2D eigenvalue weighted by Gasteiger charge is 2.20. The van der Waals surface area contributed by atoms with E-state index in [9.17, 15) is 19.2 Å². The Kier molecular flexibility index (Phi) is 9.46. The summed E-state index contributed by atoms with van der Waals surface area (Å²) in [4.78, 5) is 39.9. The van der Waals surface area contributed by atoms with Gasteiger partial charge < -0.3 is 31.9 Å². The van der Waals surface area contributed by atoms with Crippen LogP contribution in [0.1, 0.15) is 12.8 Å². The van der Waals surface area contributed by atoms with E-state index in [2.05, 4.69) is 21.7 Å². The maximum Gasteiger partial charge on any atom is 0.320 e. The fourth-order valence-electron chi connectivity index (χ4n) is 1.41. The lowest BCUT2D eigenvalue weighted by Gasteiger charge is -2.10. The minimum absolute atomic E-state index is 0.269. The molecule has 0 bridgehead atoms. The Balaban J connectivity index is 0.000000296. The Labute approximate surface area is 121 Å². The number of carbonyl (C=O) groups is 4. The van der Waals surface area contributed by atoms with E-state index in [1.165, 1.54) is 0 Å². The van der Waals surface area contributed by atoms with Gasteiger partial charge in [0.2, 0.25) is 0 Å². The average Bonchev–Trinajstić information content (AvgIpc) is 2.98. The molecule has 0 aromatic rings. The summed E-state index contributed by atoms with van der Waals surface area (Å²) in [6.45, 7) is 1.67. The van der Waals surface area contributed by atoms with E-state index >= 15 is 0 Å². The van der Waals surface area contributed by atoms with Crippen LogP contribution in [0.2, 0.25) is 0 Å². The average molecular weight is 304 g/mol. The van der Waals surface area contributed by atoms with Crippen LogP contribution in [0.5, 0.6) is 0 Å². The zero-order valence-electron chi connectivity index (χ0n) is 11.4. The normalized spacial score (nSPS) is 20.0. The van der Waals surface area contributed by atoms with Gasteiger partial charge in [-0.3, -0.25) is 19.2 Å². The Hall–Kier alpha value is -2.20. The highest BCUT2D eigenvalue weighted by molar-refractivity contribution is 6.35. The zero-order valence-corrected chi connectivity index (χ0v) is 11.4. The van der Waals surface area contributed by atoms with Crippen molar-refractivity contribution in [3.63, 3.8) is 0 Å². The Morgan fingerprint density at radius 2 is 1.57 bits per heavy atom. The fourth-order valence-corrected chi connectivity index (χ4v) is 1.41. The predicted molar refractivity (Wildman–Crippen MR) is 71.4 cm³/mol. The highest BCUT2D eigenvalue weighted by atomic mass is 16.4. The van der Waals surface area contributed by atoms with Crippen molar-refractivity contribution in [2.45, 2.75) is 18.9 Å². The first-order chi connectivity index (χ1) is 9.88. The van der Waals surface area contributed by atoms with Crippen LogP contribution in [0.15, 0.2) is 0 Å². The standard InChI is InChI=1S/C5H9NO2.C4H6N2O2.C2H5NO2/c7-5(8)4-2-1-3-6-4;7-3-4(8)6-2-1-5-3;3-1-2(4)5/h4,6H,1-3H2,(H,7,8);1-2H2,(H,5,7)(H,6,8);1,3H2,(H,4,5)/t4-;;/m0../s1. The first-order valence-electron chi connectivity index (χ1n) is 6.32. The summed E-state index contributed by atoms with van der Waals surface area (Å²) in [7, 11) is 0. The zero-order chi connectivity index (χ0) is 16.3. The fraction of sp³-hybridized carbons (Fsp3) is 0.636. The van der Waals surface area contributed by atoms with Crippen LogP contribution in [0.3, 0.4) is 0 Å². The maximum absolute atomic E-state index is 10.3. The number of carboxylic acids is 2. The number of nitrogens with one attached hydrogen (secondary N) is 3. The molecule has 0 aromatic heterocycles. The van der Waals surface area contributed by atoms with Crippen LogP contribution in [-0.4, -0.2) is 66.2 Å². The van der Waals surface area contributed by atoms with Crippen LogP contribution < -0.4 is 21.7 Å². The molecule has 120 valence electrons. The molecular formula is C11H20N4O6. The summed E-state index contributed by atoms with van der Waals surface area (Å²) in [5.74, 6) is -2.75. The van der Waals surface area contributed by atoms with Crippen LogP contribution in [0.25, 0.3) is 0 Å².